The number of hydrogen-bond donors (Lipinski definition) is 3. The lowest BCUT2D eigenvalue weighted by molar-refractivity contribution is 0.628. The molecule has 2 aromatic carbocycles. The molecule has 0 aliphatic rings. The van der Waals surface area contributed by atoms with Crippen LogP contribution in [0.5, 0.6) is 0 Å². The van der Waals surface area contributed by atoms with E-state index >= 15 is 0 Å². The number of benzene rings is 2. The van der Waals surface area contributed by atoms with Crippen molar-refractivity contribution in [3.05, 3.63) is 121 Å². The maximum absolute atomic E-state index is 13.9. The molecule has 0 fully saturated rings. The molecule has 0 spiro atoms. The lowest BCUT2D eigenvalue weighted by atomic mass is 10.0. The second kappa shape index (κ2) is 10.2. The summed E-state index contributed by atoms with van der Waals surface area (Å²) in [6.07, 6.45) is 7.21. The molecule has 7 aromatic rings. The fourth-order valence-electron chi connectivity index (χ4n) is 5.01. The van der Waals surface area contributed by atoms with Gasteiger partial charge in [-0.25, -0.2) is 9.37 Å². The molecule has 5 aromatic heterocycles. The van der Waals surface area contributed by atoms with Gasteiger partial charge in [-0.2, -0.15) is 5.10 Å². The van der Waals surface area contributed by atoms with Gasteiger partial charge in [-0.05, 0) is 58.7 Å². The number of hydrogen-bond acceptors (Lipinski definition) is 5. The van der Waals surface area contributed by atoms with Crippen molar-refractivity contribution in [1.82, 2.24) is 35.5 Å². The Morgan fingerprint density at radius 3 is 2.55 bits per heavy atom. The van der Waals surface area contributed by atoms with E-state index in [4.69, 9.17) is 0 Å². The highest BCUT2D eigenvalue weighted by Gasteiger charge is 2.16. The molecule has 0 aliphatic carbocycles. The summed E-state index contributed by atoms with van der Waals surface area (Å²) in [5.41, 5.74) is 8.85. The number of rotatable bonds is 7. The topological polar surface area (TPSA) is 95.2 Å². The van der Waals surface area contributed by atoms with Crippen molar-refractivity contribution >= 4 is 21.9 Å². The van der Waals surface area contributed by atoms with Gasteiger partial charge < -0.3 is 10.3 Å². The minimum atomic E-state index is -0.276. The summed E-state index contributed by atoms with van der Waals surface area (Å²) in [5, 5.41) is 13.0. The van der Waals surface area contributed by atoms with E-state index in [2.05, 4.69) is 53.6 Å². The van der Waals surface area contributed by atoms with Crippen LogP contribution >= 0.6 is 0 Å². The van der Waals surface area contributed by atoms with E-state index in [0.717, 1.165) is 62.2 Å². The predicted octanol–water partition coefficient (Wildman–Crippen LogP) is 6.66. The summed E-state index contributed by atoms with van der Waals surface area (Å²) in [6.45, 7) is 1.48. The molecule has 0 radical (unpaired) electrons. The Bertz CT molecular complexity index is 1960. The third kappa shape index (κ3) is 4.61. The van der Waals surface area contributed by atoms with Crippen LogP contribution in [0, 0.1) is 5.82 Å². The zero-order valence-corrected chi connectivity index (χ0v) is 21.4. The van der Waals surface area contributed by atoms with E-state index in [-0.39, 0.29) is 5.82 Å². The molecule has 0 bridgehead atoms. The number of aromatic amines is 2. The van der Waals surface area contributed by atoms with Crippen LogP contribution < -0.4 is 5.32 Å². The van der Waals surface area contributed by atoms with Crippen LogP contribution in [0.4, 0.5) is 4.39 Å². The fourth-order valence-corrected chi connectivity index (χ4v) is 5.01. The van der Waals surface area contributed by atoms with E-state index < -0.39 is 0 Å². The summed E-state index contributed by atoms with van der Waals surface area (Å²) < 4.78 is 13.9. The third-order valence-electron chi connectivity index (χ3n) is 6.96. The molecule has 0 atom stereocenters. The van der Waals surface area contributed by atoms with E-state index in [0.29, 0.717) is 12.2 Å². The Morgan fingerprint density at radius 2 is 1.65 bits per heavy atom. The first kappa shape index (κ1) is 23.9. The molecule has 8 heteroatoms. The first-order valence-electron chi connectivity index (χ1n) is 13.0. The van der Waals surface area contributed by atoms with Gasteiger partial charge in [0.25, 0.3) is 0 Å². The van der Waals surface area contributed by atoms with Gasteiger partial charge in [0.2, 0.25) is 0 Å². The third-order valence-corrected chi connectivity index (χ3v) is 6.96. The molecule has 7 rings (SSSR count). The summed E-state index contributed by atoms with van der Waals surface area (Å²) in [7, 11) is 0. The number of nitrogens with zero attached hydrogens (tertiary/aromatic N) is 4. The average molecular weight is 526 g/mol. The Labute approximate surface area is 229 Å². The number of fused-ring (bicyclic) bond motifs is 2. The summed E-state index contributed by atoms with van der Waals surface area (Å²) in [4.78, 5) is 17.0. The van der Waals surface area contributed by atoms with E-state index in [1.807, 2.05) is 54.9 Å². The van der Waals surface area contributed by atoms with E-state index in [1.165, 1.54) is 17.7 Å². The van der Waals surface area contributed by atoms with Crippen LogP contribution in [0.1, 0.15) is 11.1 Å². The monoisotopic (exact) mass is 525 g/mol. The normalized spacial score (nSPS) is 11.4. The molecule has 7 nitrogen and oxygen atoms in total. The lowest BCUT2D eigenvalue weighted by Crippen LogP contribution is -2.12. The summed E-state index contributed by atoms with van der Waals surface area (Å²) in [6, 6.07) is 24.9. The highest BCUT2D eigenvalue weighted by molar-refractivity contribution is 6.00. The molecule has 3 N–H and O–H groups in total. The van der Waals surface area contributed by atoms with Gasteiger partial charge >= 0.3 is 0 Å². The van der Waals surface area contributed by atoms with Crippen molar-refractivity contribution in [2.45, 2.75) is 13.1 Å². The van der Waals surface area contributed by atoms with Crippen LogP contribution in [0.2, 0.25) is 0 Å². The number of halogens is 1. The molecule has 0 unspecified atom stereocenters. The molecular weight excluding hydrogens is 501 g/mol. The quantitative estimate of drug-likeness (QED) is 0.216. The maximum Gasteiger partial charge on any atom is 0.138 e. The number of nitrogens with one attached hydrogen (secondary N) is 3. The average Bonchev–Trinajstić information content (AvgIpc) is 3.62. The Morgan fingerprint density at radius 1 is 0.750 bits per heavy atom. The van der Waals surface area contributed by atoms with E-state index in [1.54, 1.807) is 18.5 Å². The minimum Gasteiger partial charge on any atom is -0.338 e. The van der Waals surface area contributed by atoms with Gasteiger partial charge in [0.15, 0.2) is 0 Å². The summed E-state index contributed by atoms with van der Waals surface area (Å²) in [5.74, 6) is -0.276. The van der Waals surface area contributed by atoms with Crippen molar-refractivity contribution in [3.8, 4) is 33.8 Å². The number of H-pyrrole nitrogens is 2. The van der Waals surface area contributed by atoms with Crippen molar-refractivity contribution in [3.63, 3.8) is 0 Å². The Hall–Kier alpha value is -5.21. The second-order valence-corrected chi connectivity index (χ2v) is 9.67. The van der Waals surface area contributed by atoms with Gasteiger partial charge in [0.1, 0.15) is 17.2 Å². The van der Waals surface area contributed by atoms with Crippen molar-refractivity contribution in [1.29, 1.82) is 0 Å². The van der Waals surface area contributed by atoms with Gasteiger partial charge in [0, 0.05) is 48.0 Å². The molecule has 0 saturated heterocycles. The van der Waals surface area contributed by atoms with Gasteiger partial charge in [0.05, 0.1) is 23.1 Å². The number of aromatic nitrogens is 6. The zero-order valence-electron chi connectivity index (χ0n) is 21.4. The Balaban J connectivity index is 1.20. The van der Waals surface area contributed by atoms with Crippen molar-refractivity contribution in [2.24, 2.45) is 0 Å². The van der Waals surface area contributed by atoms with Gasteiger partial charge in [-0.1, -0.05) is 42.5 Å². The van der Waals surface area contributed by atoms with Crippen LogP contribution in [-0.4, -0.2) is 30.1 Å². The molecule has 0 aliphatic heterocycles. The Kier molecular flexibility index (Phi) is 6.07. The molecule has 0 saturated carbocycles. The van der Waals surface area contributed by atoms with Crippen LogP contribution in [0.3, 0.4) is 0 Å². The van der Waals surface area contributed by atoms with Crippen molar-refractivity contribution < 1.29 is 4.39 Å². The highest BCUT2D eigenvalue weighted by Crippen LogP contribution is 2.34. The SMILES string of the molecule is Fc1cccc(-c2ccnc3[nH]c(-c4n[nH]c5cnc(-c6cncc(CNCc7ccccc7)c6)cc45)cc23)c1. The molecular formula is C32H24FN7. The molecule has 0 amide bonds. The van der Waals surface area contributed by atoms with Crippen LogP contribution in [0.25, 0.3) is 55.7 Å². The smallest absolute Gasteiger partial charge is 0.138 e. The van der Waals surface area contributed by atoms with Gasteiger partial charge in [-0.3, -0.25) is 15.1 Å². The fraction of sp³-hybridized carbons (Fsp3) is 0.0625. The first-order valence-corrected chi connectivity index (χ1v) is 13.0. The molecule has 194 valence electrons. The minimum absolute atomic E-state index is 0.276. The predicted molar refractivity (Wildman–Crippen MR) is 155 cm³/mol. The molecule has 40 heavy (non-hydrogen) atoms. The number of pyridine rings is 3. The highest BCUT2D eigenvalue weighted by atomic mass is 19.1. The lowest BCUT2D eigenvalue weighted by Gasteiger charge is -2.07. The second-order valence-electron chi connectivity index (χ2n) is 9.67. The standard InChI is InChI=1S/C32H24FN7/c33-24-8-4-7-22(12-24)25-9-10-36-32-26(25)13-29(38-32)31-27-14-28(37-19-30(27)39-40-31)23-11-21(17-35-18-23)16-34-15-20-5-2-1-3-6-20/h1-14,17-19,34H,15-16H2,(H,36,38)(H,39,40). The largest absolute Gasteiger partial charge is 0.338 e. The van der Waals surface area contributed by atoms with Crippen LogP contribution in [-0.2, 0) is 13.1 Å². The van der Waals surface area contributed by atoms with Crippen molar-refractivity contribution in [2.75, 3.05) is 0 Å². The zero-order chi connectivity index (χ0) is 26.9. The summed E-state index contributed by atoms with van der Waals surface area (Å²) >= 11 is 0. The maximum atomic E-state index is 13.9. The van der Waals surface area contributed by atoms with Crippen LogP contribution in [0.15, 0.2) is 104 Å². The molecule has 5 heterocycles. The van der Waals surface area contributed by atoms with Gasteiger partial charge in [-0.15, -0.1) is 0 Å². The first-order chi connectivity index (χ1) is 19.7. The van der Waals surface area contributed by atoms with E-state index in [9.17, 15) is 4.39 Å².